The summed E-state index contributed by atoms with van der Waals surface area (Å²) in [6.45, 7) is 9.50. The second-order valence-corrected chi connectivity index (χ2v) is 7.02. The zero-order valence-corrected chi connectivity index (χ0v) is 14.0. The highest BCUT2D eigenvalue weighted by Gasteiger charge is 2.32. The van der Waals surface area contributed by atoms with Crippen LogP contribution in [0.2, 0.25) is 0 Å². The first-order valence-corrected chi connectivity index (χ1v) is 7.96. The van der Waals surface area contributed by atoms with E-state index < -0.39 is 0 Å². The number of benzene rings is 1. The van der Waals surface area contributed by atoms with E-state index >= 15 is 0 Å². The van der Waals surface area contributed by atoms with Crippen molar-refractivity contribution in [2.75, 3.05) is 19.0 Å². The average molecular weight is 310 g/mol. The molecule has 2 atom stereocenters. The molecule has 0 N–H and O–H groups in total. The van der Waals surface area contributed by atoms with Crippen LogP contribution >= 0.6 is 11.6 Å². The number of carbonyl (C=O) groups is 1. The Morgan fingerprint density at radius 1 is 1.38 bits per heavy atom. The van der Waals surface area contributed by atoms with Gasteiger partial charge in [-0.1, -0.05) is 39.0 Å². The minimum absolute atomic E-state index is 0.0618. The second-order valence-electron chi connectivity index (χ2n) is 6.71. The summed E-state index contributed by atoms with van der Waals surface area (Å²) in [5, 5.41) is 0. The van der Waals surface area contributed by atoms with Crippen molar-refractivity contribution in [3.8, 4) is 0 Å². The third-order valence-electron chi connectivity index (χ3n) is 3.90. The lowest BCUT2D eigenvalue weighted by Gasteiger charge is -2.38. The molecule has 0 spiro atoms. The second kappa shape index (κ2) is 6.37. The number of halogens is 1. The lowest BCUT2D eigenvalue weighted by atomic mass is 9.83. The van der Waals surface area contributed by atoms with E-state index in [4.69, 9.17) is 16.3 Å². The maximum Gasteiger partial charge on any atom is 0.254 e. The van der Waals surface area contributed by atoms with Gasteiger partial charge in [-0.3, -0.25) is 4.79 Å². The van der Waals surface area contributed by atoms with E-state index in [-0.39, 0.29) is 23.5 Å². The third kappa shape index (κ3) is 3.58. The van der Waals surface area contributed by atoms with Crippen molar-refractivity contribution in [1.29, 1.82) is 0 Å². The highest BCUT2D eigenvalue weighted by Crippen LogP contribution is 2.27. The zero-order valence-electron chi connectivity index (χ0n) is 13.2. The molecule has 1 saturated heterocycles. The fourth-order valence-electron chi connectivity index (χ4n) is 2.67. The molecule has 1 aliphatic heterocycles. The van der Waals surface area contributed by atoms with E-state index in [1.165, 1.54) is 0 Å². The van der Waals surface area contributed by atoms with Gasteiger partial charge >= 0.3 is 0 Å². The highest BCUT2D eigenvalue weighted by atomic mass is 35.5. The standard InChI is InChI=1S/C17H24ClNO2/c1-12-11-21-13(9-18)10-19(12)16(20)14-7-5-6-8-15(14)17(2,3)4/h5-8,12-13H,9-11H2,1-4H3. The summed E-state index contributed by atoms with van der Waals surface area (Å²) >= 11 is 5.88. The lowest BCUT2D eigenvalue weighted by molar-refractivity contribution is -0.0372. The van der Waals surface area contributed by atoms with Crippen molar-refractivity contribution >= 4 is 17.5 Å². The quantitative estimate of drug-likeness (QED) is 0.783. The van der Waals surface area contributed by atoms with E-state index in [9.17, 15) is 4.79 Å². The van der Waals surface area contributed by atoms with Gasteiger partial charge in [0.2, 0.25) is 0 Å². The molecule has 2 unspecified atom stereocenters. The predicted molar refractivity (Wildman–Crippen MR) is 86.1 cm³/mol. The number of nitrogens with zero attached hydrogens (tertiary/aromatic N) is 1. The maximum absolute atomic E-state index is 13.0. The summed E-state index contributed by atoms with van der Waals surface area (Å²) in [5.41, 5.74) is 1.80. The van der Waals surface area contributed by atoms with E-state index in [1.807, 2.05) is 36.1 Å². The van der Waals surface area contributed by atoms with Crippen LogP contribution in [-0.4, -0.2) is 42.0 Å². The molecule has 0 radical (unpaired) electrons. The Balaban J connectivity index is 2.31. The number of hydrogen-bond donors (Lipinski definition) is 0. The van der Waals surface area contributed by atoms with Gasteiger partial charge in [-0.05, 0) is 24.0 Å². The Labute approximate surface area is 132 Å². The average Bonchev–Trinajstić information content (AvgIpc) is 2.46. The predicted octanol–water partition coefficient (Wildman–Crippen LogP) is 3.45. The summed E-state index contributed by atoms with van der Waals surface area (Å²) in [6, 6.07) is 7.94. The van der Waals surface area contributed by atoms with Crippen LogP contribution in [0, 0.1) is 0 Å². The number of rotatable bonds is 2. The summed E-state index contributed by atoms with van der Waals surface area (Å²) in [6.07, 6.45) is -0.0754. The van der Waals surface area contributed by atoms with Crippen LogP contribution in [-0.2, 0) is 10.2 Å². The maximum atomic E-state index is 13.0. The molecule has 0 aromatic heterocycles. The van der Waals surface area contributed by atoms with Crippen molar-refractivity contribution in [2.45, 2.75) is 45.3 Å². The number of alkyl halides is 1. The van der Waals surface area contributed by atoms with Crippen molar-refractivity contribution in [3.63, 3.8) is 0 Å². The summed E-state index contributed by atoms with van der Waals surface area (Å²) in [7, 11) is 0. The van der Waals surface area contributed by atoms with Crippen molar-refractivity contribution in [2.24, 2.45) is 0 Å². The smallest absolute Gasteiger partial charge is 0.254 e. The van der Waals surface area contributed by atoms with E-state index in [0.29, 0.717) is 19.0 Å². The highest BCUT2D eigenvalue weighted by molar-refractivity contribution is 6.18. The number of hydrogen-bond acceptors (Lipinski definition) is 2. The molecule has 116 valence electrons. The van der Waals surface area contributed by atoms with Crippen molar-refractivity contribution in [3.05, 3.63) is 35.4 Å². The van der Waals surface area contributed by atoms with Crippen LogP contribution in [0.4, 0.5) is 0 Å². The van der Waals surface area contributed by atoms with Gasteiger partial charge in [0.25, 0.3) is 5.91 Å². The molecular formula is C17H24ClNO2. The molecule has 1 aliphatic rings. The van der Waals surface area contributed by atoms with E-state index in [1.54, 1.807) is 0 Å². The number of ether oxygens (including phenoxy) is 1. The monoisotopic (exact) mass is 309 g/mol. The molecule has 1 heterocycles. The van der Waals surface area contributed by atoms with Gasteiger partial charge in [0.15, 0.2) is 0 Å². The number of carbonyl (C=O) groups excluding carboxylic acids is 1. The first-order valence-electron chi connectivity index (χ1n) is 7.42. The molecule has 4 heteroatoms. The topological polar surface area (TPSA) is 29.5 Å². The molecule has 0 bridgehead atoms. The molecule has 1 fully saturated rings. The summed E-state index contributed by atoms with van der Waals surface area (Å²) in [5.74, 6) is 0.490. The van der Waals surface area contributed by atoms with Gasteiger partial charge in [-0.15, -0.1) is 11.6 Å². The van der Waals surface area contributed by atoms with E-state index in [2.05, 4.69) is 20.8 Å². The largest absolute Gasteiger partial charge is 0.373 e. The van der Waals surface area contributed by atoms with Crippen LogP contribution in [0.5, 0.6) is 0 Å². The molecular weight excluding hydrogens is 286 g/mol. The molecule has 1 aromatic rings. The van der Waals surface area contributed by atoms with Gasteiger partial charge in [0, 0.05) is 12.1 Å². The van der Waals surface area contributed by atoms with Crippen LogP contribution < -0.4 is 0 Å². The first kappa shape index (κ1) is 16.3. The summed E-state index contributed by atoms with van der Waals surface area (Å²) in [4.78, 5) is 14.9. The number of morpholine rings is 1. The molecule has 2 rings (SSSR count). The van der Waals surface area contributed by atoms with Gasteiger partial charge in [-0.25, -0.2) is 0 Å². The van der Waals surface area contributed by atoms with Crippen LogP contribution in [0.1, 0.15) is 43.6 Å². The first-order chi connectivity index (χ1) is 9.84. The van der Waals surface area contributed by atoms with Crippen LogP contribution in [0.15, 0.2) is 24.3 Å². The molecule has 0 aliphatic carbocycles. The van der Waals surface area contributed by atoms with Crippen LogP contribution in [0.3, 0.4) is 0 Å². The fourth-order valence-corrected chi connectivity index (χ4v) is 2.86. The molecule has 0 saturated carbocycles. The molecule has 3 nitrogen and oxygen atoms in total. The Morgan fingerprint density at radius 2 is 2.05 bits per heavy atom. The Kier molecular flexibility index (Phi) is 4.95. The summed E-state index contributed by atoms with van der Waals surface area (Å²) < 4.78 is 5.63. The fraction of sp³-hybridized carbons (Fsp3) is 0.588. The Morgan fingerprint density at radius 3 is 2.67 bits per heavy atom. The van der Waals surface area contributed by atoms with Gasteiger partial charge in [0.1, 0.15) is 0 Å². The normalized spacial score (nSPS) is 23.2. The van der Waals surface area contributed by atoms with Gasteiger partial charge < -0.3 is 9.64 Å². The lowest BCUT2D eigenvalue weighted by Crippen LogP contribution is -2.51. The van der Waals surface area contributed by atoms with Crippen molar-refractivity contribution in [1.82, 2.24) is 4.90 Å². The molecule has 1 aromatic carbocycles. The molecule has 21 heavy (non-hydrogen) atoms. The van der Waals surface area contributed by atoms with Crippen LogP contribution in [0.25, 0.3) is 0 Å². The molecule has 1 amide bonds. The zero-order chi connectivity index (χ0) is 15.6. The SMILES string of the molecule is CC1COC(CCl)CN1C(=O)c1ccccc1C(C)(C)C. The Bertz CT molecular complexity index is 510. The van der Waals surface area contributed by atoms with Gasteiger partial charge in [0.05, 0.1) is 24.6 Å². The number of amides is 1. The van der Waals surface area contributed by atoms with Gasteiger partial charge in [-0.2, -0.15) is 0 Å². The van der Waals surface area contributed by atoms with Crippen molar-refractivity contribution < 1.29 is 9.53 Å². The minimum atomic E-state index is -0.0754. The Hall–Kier alpha value is -1.06. The van der Waals surface area contributed by atoms with E-state index in [0.717, 1.165) is 11.1 Å². The third-order valence-corrected chi connectivity index (χ3v) is 4.25. The minimum Gasteiger partial charge on any atom is -0.373 e.